The summed E-state index contributed by atoms with van der Waals surface area (Å²) < 4.78 is 16.8. The first kappa shape index (κ1) is 27.0. The van der Waals surface area contributed by atoms with Gasteiger partial charge in [-0.05, 0) is 77.0 Å². The van der Waals surface area contributed by atoms with Crippen LogP contribution in [0.5, 0.6) is 11.5 Å². The van der Waals surface area contributed by atoms with E-state index in [4.69, 9.17) is 25.5 Å². The molecule has 2 aromatic carbocycles. The third kappa shape index (κ3) is 7.71. The summed E-state index contributed by atoms with van der Waals surface area (Å²) in [5, 5.41) is 9.50. The highest BCUT2D eigenvalue weighted by atomic mass is 127. The molecule has 12 heteroatoms. The summed E-state index contributed by atoms with van der Waals surface area (Å²) in [6.07, 6.45) is 2.81. The van der Waals surface area contributed by atoms with Gasteiger partial charge in [0.15, 0.2) is 18.1 Å². The molecule has 0 fully saturated rings. The predicted molar refractivity (Wildman–Crippen MR) is 142 cm³/mol. The fraction of sp³-hybridized carbons (Fsp3) is 0.167. The molecule has 3 aromatic rings. The molecule has 10 nitrogen and oxygen atoms in total. The van der Waals surface area contributed by atoms with Crippen molar-refractivity contribution >= 4 is 63.8 Å². The Kier molecular flexibility index (Phi) is 9.70. The number of amides is 3. The number of hydrogen-bond donors (Lipinski definition) is 3. The molecule has 3 N–H and O–H groups in total. The molecule has 3 amide bonds. The number of halogens is 2. The van der Waals surface area contributed by atoms with Gasteiger partial charge < -0.3 is 24.5 Å². The molecule has 188 valence electrons. The van der Waals surface area contributed by atoms with E-state index in [-0.39, 0.29) is 19.1 Å². The van der Waals surface area contributed by atoms with Crippen LogP contribution < -0.4 is 25.5 Å². The lowest BCUT2D eigenvalue weighted by Crippen LogP contribution is -2.37. The van der Waals surface area contributed by atoms with E-state index in [1.165, 1.54) is 19.6 Å². The van der Waals surface area contributed by atoms with Gasteiger partial charge in [0, 0.05) is 10.7 Å². The van der Waals surface area contributed by atoms with Crippen molar-refractivity contribution in [3.8, 4) is 11.5 Å². The lowest BCUT2D eigenvalue weighted by molar-refractivity contribution is -0.139. The van der Waals surface area contributed by atoms with Crippen LogP contribution >= 0.6 is 34.2 Å². The first-order valence-corrected chi connectivity index (χ1v) is 11.9. The number of ether oxygens (including phenoxy) is 2. The number of aryl methyl sites for hydroxylation is 1. The fourth-order valence-electron chi connectivity index (χ4n) is 2.88. The van der Waals surface area contributed by atoms with Gasteiger partial charge in [-0.2, -0.15) is 5.10 Å². The Morgan fingerprint density at radius 2 is 1.97 bits per heavy atom. The van der Waals surface area contributed by atoms with Gasteiger partial charge in [-0.3, -0.25) is 14.4 Å². The van der Waals surface area contributed by atoms with Crippen LogP contribution in [-0.2, 0) is 20.9 Å². The van der Waals surface area contributed by atoms with E-state index >= 15 is 0 Å². The third-order valence-corrected chi connectivity index (χ3v) is 5.70. The normalized spacial score (nSPS) is 10.7. The van der Waals surface area contributed by atoms with Crippen LogP contribution in [0.4, 0.5) is 5.69 Å². The lowest BCUT2D eigenvalue weighted by atomic mass is 10.2. The maximum atomic E-state index is 12.4. The first-order valence-electron chi connectivity index (χ1n) is 10.5. The number of nitrogens with zero attached hydrogens (tertiary/aromatic N) is 1. The number of anilines is 1. The number of carbonyl (C=O) groups is 3. The van der Waals surface area contributed by atoms with Gasteiger partial charge in [0.25, 0.3) is 5.91 Å². The number of hydrazone groups is 1. The molecule has 0 spiro atoms. The molecule has 0 saturated heterocycles. The fourth-order valence-corrected chi connectivity index (χ4v) is 3.84. The summed E-state index contributed by atoms with van der Waals surface area (Å²) in [5.41, 5.74) is 4.19. The van der Waals surface area contributed by atoms with Gasteiger partial charge in [-0.25, -0.2) is 5.43 Å². The molecule has 1 heterocycles. The zero-order chi connectivity index (χ0) is 26.1. The average molecular weight is 625 g/mol. The maximum absolute atomic E-state index is 12.4. The molecule has 0 bridgehead atoms. The van der Waals surface area contributed by atoms with E-state index in [1.54, 1.807) is 42.5 Å². The second-order valence-electron chi connectivity index (χ2n) is 7.29. The van der Waals surface area contributed by atoms with Gasteiger partial charge in [-0.15, -0.1) is 0 Å². The van der Waals surface area contributed by atoms with Gasteiger partial charge >= 0.3 is 11.8 Å². The van der Waals surface area contributed by atoms with Crippen LogP contribution in [0.2, 0.25) is 5.02 Å². The van der Waals surface area contributed by atoms with Gasteiger partial charge in [-0.1, -0.05) is 17.7 Å². The van der Waals surface area contributed by atoms with Crippen molar-refractivity contribution in [3.05, 3.63) is 74.2 Å². The van der Waals surface area contributed by atoms with Crippen molar-refractivity contribution in [1.82, 2.24) is 10.7 Å². The molecular formula is C24H22ClIN4O6. The summed E-state index contributed by atoms with van der Waals surface area (Å²) in [4.78, 5) is 36.1. The summed E-state index contributed by atoms with van der Waals surface area (Å²) in [5.74, 6) is -0.907. The summed E-state index contributed by atoms with van der Waals surface area (Å²) in [6.45, 7) is 1.68. The van der Waals surface area contributed by atoms with E-state index in [9.17, 15) is 14.4 Å². The second kappa shape index (κ2) is 12.9. The predicted octanol–water partition coefficient (Wildman–Crippen LogP) is 3.64. The Hall–Kier alpha value is -3.58. The van der Waals surface area contributed by atoms with Crippen LogP contribution in [0.3, 0.4) is 0 Å². The Labute approximate surface area is 225 Å². The van der Waals surface area contributed by atoms with Crippen molar-refractivity contribution in [1.29, 1.82) is 0 Å². The van der Waals surface area contributed by atoms with Crippen molar-refractivity contribution in [2.75, 3.05) is 19.0 Å². The number of furan rings is 1. The molecule has 36 heavy (non-hydrogen) atoms. The Bertz CT molecular complexity index is 1280. The summed E-state index contributed by atoms with van der Waals surface area (Å²) in [6, 6.07) is 11.9. The van der Waals surface area contributed by atoms with E-state index in [0.717, 1.165) is 5.56 Å². The Morgan fingerprint density at radius 3 is 2.69 bits per heavy atom. The van der Waals surface area contributed by atoms with Crippen molar-refractivity contribution in [2.24, 2.45) is 5.10 Å². The molecular weight excluding hydrogens is 603 g/mol. The van der Waals surface area contributed by atoms with Gasteiger partial charge in [0.2, 0.25) is 0 Å². The zero-order valence-electron chi connectivity index (χ0n) is 19.3. The SMILES string of the molecule is COc1cc(/C=N\NC(=O)C(=O)NCc2ccco2)cc(I)c1OCC(=O)Nc1cc(Cl)ccc1C. The number of nitrogens with one attached hydrogen (secondary N) is 3. The first-order chi connectivity index (χ1) is 17.3. The van der Waals surface area contributed by atoms with Crippen LogP contribution in [-0.4, -0.2) is 37.7 Å². The van der Waals surface area contributed by atoms with Gasteiger partial charge in [0.05, 0.1) is 29.7 Å². The minimum absolute atomic E-state index is 0.0799. The minimum Gasteiger partial charge on any atom is -0.493 e. The second-order valence-corrected chi connectivity index (χ2v) is 8.89. The van der Waals surface area contributed by atoms with Crippen molar-refractivity contribution in [3.63, 3.8) is 0 Å². The molecule has 0 atom stereocenters. The van der Waals surface area contributed by atoms with Crippen LogP contribution in [0.1, 0.15) is 16.9 Å². The molecule has 0 aliphatic rings. The van der Waals surface area contributed by atoms with Crippen LogP contribution in [0.15, 0.2) is 58.2 Å². The van der Waals surface area contributed by atoms with Crippen LogP contribution in [0.25, 0.3) is 0 Å². The Balaban J connectivity index is 1.56. The minimum atomic E-state index is -0.930. The average Bonchev–Trinajstić information content (AvgIpc) is 3.37. The van der Waals surface area contributed by atoms with Crippen molar-refractivity contribution in [2.45, 2.75) is 13.5 Å². The van der Waals surface area contributed by atoms with Crippen molar-refractivity contribution < 1.29 is 28.3 Å². The van der Waals surface area contributed by atoms with E-state index < -0.39 is 11.8 Å². The molecule has 0 unspecified atom stereocenters. The van der Waals surface area contributed by atoms with E-state index in [0.29, 0.717) is 37.1 Å². The highest BCUT2D eigenvalue weighted by Gasteiger charge is 2.15. The third-order valence-electron chi connectivity index (χ3n) is 4.66. The Morgan fingerprint density at radius 1 is 1.17 bits per heavy atom. The molecule has 3 rings (SSSR count). The zero-order valence-corrected chi connectivity index (χ0v) is 22.2. The number of rotatable bonds is 9. The standard InChI is InChI=1S/C24H22ClIN4O6/c1-14-5-6-16(25)10-19(14)29-21(31)13-36-22-18(26)8-15(9-20(22)34-2)11-28-30-24(33)23(32)27-12-17-4-3-7-35-17/h3-11H,12-13H2,1-2H3,(H,27,32)(H,29,31)(H,30,33)/b28-11-. The molecule has 0 saturated carbocycles. The van der Waals surface area contributed by atoms with Crippen LogP contribution in [0, 0.1) is 10.5 Å². The molecule has 1 aromatic heterocycles. The topological polar surface area (TPSA) is 131 Å². The number of methoxy groups -OCH3 is 1. The molecule has 0 aliphatic carbocycles. The van der Waals surface area contributed by atoms with E-state index in [2.05, 4.69) is 21.2 Å². The number of carbonyl (C=O) groups excluding carboxylic acids is 3. The largest absolute Gasteiger partial charge is 0.493 e. The number of benzene rings is 2. The summed E-state index contributed by atoms with van der Waals surface area (Å²) in [7, 11) is 1.46. The van der Waals surface area contributed by atoms with Gasteiger partial charge in [0.1, 0.15) is 5.76 Å². The lowest BCUT2D eigenvalue weighted by Gasteiger charge is -2.14. The highest BCUT2D eigenvalue weighted by molar-refractivity contribution is 14.1. The molecule has 0 radical (unpaired) electrons. The molecule has 0 aliphatic heterocycles. The summed E-state index contributed by atoms with van der Waals surface area (Å²) >= 11 is 8.02. The smallest absolute Gasteiger partial charge is 0.329 e. The number of hydrogen-bond acceptors (Lipinski definition) is 7. The van der Waals surface area contributed by atoms with E-state index in [1.807, 2.05) is 29.5 Å². The highest BCUT2D eigenvalue weighted by Crippen LogP contribution is 2.33. The maximum Gasteiger partial charge on any atom is 0.329 e. The quantitative estimate of drug-likeness (QED) is 0.144. The monoisotopic (exact) mass is 624 g/mol.